The van der Waals surface area contributed by atoms with Gasteiger partial charge in [-0.2, -0.15) is 0 Å². The van der Waals surface area contributed by atoms with Gasteiger partial charge in [-0.1, -0.05) is 25.1 Å². The van der Waals surface area contributed by atoms with E-state index in [-0.39, 0.29) is 23.8 Å². The van der Waals surface area contributed by atoms with Gasteiger partial charge in [-0.3, -0.25) is 4.79 Å². The average molecular weight is 283 g/mol. The van der Waals surface area contributed by atoms with E-state index in [0.717, 1.165) is 0 Å². The van der Waals surface area contributed by atoms with Gasteiger partial charge < -0.3 is 10.0 Å². The smallest absolute Gasteiger partial charge is 0.227 e. The predicted molar refractivity (Wildman–Crippen MR) is 72.7 cm³/mol. The molecule has 0 spiro atoms. The number of aliphatic hydroxyl groups is 1. The summed E-state index contributed by atoms with van der Waals surface area (Å²) >= 11 is 0. The zero-order valence-corrected chi connectivity index (χ0v) is 11.5. The third kappa shape index (κ3) is 2.96. The highest BCUT2D eigenvalue weighted by molar-refractivity contribution is 7.91. The molecule has 1 aliphatic heterocycles. The topological polar surface area (TPSA) is 74.7 Å². The first-order valence-corrected chi connectivity index (χ1v) is 8.02. The van der Waals surface area contributed by atoms with Crippen LogP contribution in [-0.2, 0) is 14.6 Å². The van der Waals surface area contributed by atoms with E-state index in [0.29, 0.717) is 5.69 Å². The lowest BCUT2D eigenvalue weighted by atomic mass is 10.1. The van der Waals surface area contributed by atoms with Gasteiger partial charge in [0.25, 0.3) is 0 Å². The maximum absolute atomic E-state index is 12.1. The standard InChI is InChI=1S/C13H17NO4S/c1-2-13(16)14(10-6-4-3-5-7-10)11-8-19(17,18)9-12(11)15/h3-7,11-12,15H,2,8-9H2,1H3/t11-,12-/m1/s1. The van der Waals surface area contributed by atoms with Crippen LogP contribution < -0.4 is 4.90 Å². The lowest BCUT2D eigenvalue weighted by Crippen LogP contribution is -2.46. The fourth-order valence-corrected chi connectivity index (χ4v) is 4.11. The van der Waals surface area contributed by atoms with E-state index in [1.807, 2.05) is 6.07 Å². The Hall–Kier alpha value is -1.40. The van der Waals surface area contributed by atoms with Gasteiger partial charge in [-0.15, -0.1) is 0 Å². The minimum Gasteiger partial charge on any atom is -0.390 e. The summed E-state index contributed by atoms with van der Waals surface area (Å²) in [6.45, 7) is 1.72. The van der Waals surface area contributed by atoms with Crippen molar-refractivity contribution in [3.8, 4) is 0 Å². The molecule has 0 unspecified atom stereocenters. The van der Waals surface area contributed by atoms with Crippen LogP contribution in [0.3, 0.4) is 0 Å². The van der Waals surface area contributed by atoms with Crippen molar-refractivity contribution in [1.29, 1.82) is 0 Å². The highest BCUT2D eigenvalue weighted by Gasteiger charge is 2.42. The van der Waals surface area contributed by atoms with Crippen LogP contribution in [0.5, 0.6) is 0 Å². The summed E-state index contributed by atoms with van der Waals surface area (Å²) in [4.78, 5) is 13.5. The van der Waals surface area contributed by atoms with Gasteiger partial charge in [0.2, 0.25) is 5.91 Å². The highest BCUT2D eigenvalue weighted by Crippen LogP contribution is 2.25. The summed E-state index contributed by atoms with van der Waals surface area (Å²) < 4.78 is 23.2. The summed E-state index contributed by atoms with van der Waals surface area (Å²) in [5.74, 6) is -0.653. The monoisotopic (exact) mass is 283 g/mol. The van der Waals surface area contributed by atoms with Crippen LogP contribution in [0.15, 0.2) is 30.3 Å². The second kappa shape index (κ2) is 5.30. The van der Waals surface area contributed by atoms with Crippen molar-refractivity contribution >= 4 is 21.4 Å². The molecule has 1 amide bonds. The Bertz CT molecular complexity index is 555. The normalized spacial score (nSPS) is 25.2. The van der Waals surface area contributed by atoms with E-state index in [2.05, 4.69) is 0 Å². The number of hydrogen-bond donors (Lipinski definition) is 1. The van der Waals surface area contributed by atoms with Crippen LogP contribution in [0.4, 0.5) is 5.69 Å². The summed E-state index contributed by atoms with van der Waals surface area (Å²) in [7, 11) is -3.28. The maximum atomic E-state index is 12.1. The predicted octanol–water partition coefficient (Wildman–Crippen LogP) is 0.587. The minimum atomic E-state index is -3.28. The molecule has 0 radical (unpaired) electrons. The van der Waals surface area contributed by atoms with Gasteiger partial charge in [-0.05, 0) is 12.1 Å². The number of benzene rings is 1. The number of anilines is 1. The van der Waals surface area contributed by atoms with Crippen molar-refractivity contribution in [1.82, 2.24) is 0 Å². The number of sulfone groups is 1. The van der Waals surface area contributed by atoms with Crippen molar-refractivity contribution in [2.24, 2.45) is 0 Å². The van der Waals surface area contributed by atoms with Crippen LogP contribution in [0.2, 0.25) is 0 Å². The largest absolute Gasteiger partial charge is 0.390 e. The number of carbonyl (C=O) groups excluding carboxylic acids is 1. The van der Waals surface area contributed by atoms with E-state index < -0.39 is 22.0 Å². The number of aliphatic hydroxyl groups excluding tert-OH is 1. The molecule has 1 heterocycles. The minimum absolute atomic E-state index is 0.186. The van der Waals surface area contributed by atoms with Crippen molar-refractivity contribution in [2.75, 3.05) is 16.4 Å². The Morgan fingerprint density at radius 2 is 1.95 bits per heavy atom. The molecule has 1 fully saturated rings. The Kier molecular flexibility index (Phi) is 3.91. The van der Waals surface area contributed by atoms with Crippen molar-refractivity contribution in [3.05, 3.63) is 30.3 Å². The molecule has 1 N–H and O–H groups in total. The second-order valence-electron chi connectivity index (χ2n) is 4.66. The third-order valence-electron chi connectivity index (χ3n) is 3.23. The summed E-state index contributed by atoms with van der Waals surface area (Å²) in [6.07, 6.45) is -0.765. The number of nitrogens with zero attached hydrogens (tertiary/aromatic N) is 1. The summed E-state index contributed by atoms with van der Waals surface area (Å²) in [5, 5.41) is 9.93. The quantitative estimate of drug-likeness (QED) is 0.881. The molecule has 19 heavy (non-hydrogen) atoms. The third-order valence-corrected chi connectivity index (χ3v) is 4.93. The van der Waals surface area contributed by atoms with Gasteiger partial charge in [0, 0.05) is 12.1 Å². The molecule has 104 valence electrons. The fraction of sp³-hybridized carbons (Fsp3) is 0.462. The van der Waals surface area contributed by atoms with Crippen LogP contribution in [-0.4, -0.2) is 43.1 Å². The van der Waals surface area contributed by atoms with E-state index in [1.165, 1.54) is 4.90 Å². The maximum Gasteiger partial charge on any atom is 0.227 e. The SMILES string of the molecule is CCC(=O)N(c1ccccc1)[C@@H]1CS(=O)(=O)C[C@H]1O. The first-order chi connectivity index (χ1) is 8.94. The van der Waals surface area contributed by atoms with E-state index in [1.54, 1.807) is 31.2 Å². The number of amides is 1. The molecule has 1 saturated heterocycles. The molecular weight excluding hydrogens is 266 g/mol. The van der Waals surface area contributed by atoms with Gasteiger partial charge in [0.05, 0.1) is 23.7 Å². The lowest BCUT2D eigenvalue weighted by Gasteiger charge is -2.30. The molecule has 6 heteroatoms. The lowest BCUT2D eigenvalue weighted by molar-refractivity contribution is -0.119. The number of hydrogen-bond acceptors (Lipinski definition) is 4. The van der Waals surface area contributed by atoms with Crippen molar-refractivity contribution in [2.45, 2.75) is 25.5 Å². The highest BCUT2D eigenvalue weighted by atomic mass is 32.2. The average Bonchev–Trinajstić information content (AvgIpc) is 2.64. The fourth-order valence-electron chi connectivity index (χ4n) is 2.34. The molecule has 0 saturated carbocycles. The first-order valence-electron chi connectivity index (χ1n) is 6.20. The molecule has 1 aliphatic rings. The zero-order chi connectivity index (χ0) is 14.0. The molecule has 0 bridgehead atoms. The van der Waals surface area contributed by atoms with Gasteiger partial charge in [0.15, 0.2) is 9.84 Å². The molecule has 0 aliphatic carbocycles. The Morgan fingerprint density at radius 3 is 2.42 bits per heavy atom. The first kappa shape index (κ1) is 14.0. The van der Waals surface area contributed by atoms with Crippen molar-refractivity contribution in [3.63, 3.8) is 0 Å². The van der Waals surface area contributed by atoms with Crippen LogP contribution in [0.1, 0.15) is 13.3 Å². The second-order valence-corrected chi connectivity index (χ2v) is 6.82. The van der Waals surface area contributed by atoms with Gasteiger partial charge in [-0.25, -0.2) is 8.42 Å². The molecule has 1 aromatic rings. The molecule has 2 rings (SSSR count). The molecule has 2 atom stereocenters. The van der Waals surface area contributed by atoms with E-state index in [4.69, 9.17) is 0 Å². The summed E-state index contributed by atoms with van der Waals surface area (Å²) in [5.41, 5.74) is 0.621. The Morgan fingerprint density at radius 1 is 1.32 bits per heavy atom. The number of carbonyl (C=O) groups is 1. The molecular formula is C13H17NO4S. The zero-order valence-electron chi connectivity index (χ0n) is 10.7. The molecule has 0 aromatic heterocycles. The van der Waals surface area contributed by atoms with Crippen molar-refractivity contribution < 1.29 is 18.3 Å². The van der Waals surface area contributed by atoms with Crippen LogP contribution in [0, 0.1) is 0 Å². The Balaban J connectivity index is 2.37. The van der Waals surface area contributed by atoms with E-state index in [9.17, 15) is 18.3 Å². The molecule has 5 nitrogen and oxygen atoms in total. The van der Waals surface area contributed by atoms with Gasteiger partial charge >= 0.3 is 0 Å². The molecule has 1 aromatic carbocycles. The Labute approximate surface area is 112 Å². The van der Waals surface area contributed by atoms with Crippen LogP contribution in [0.25, 0.3) is 0 Å². The van der Waals surface area contributed by atoms with Crippen LogP contribution >= 0.6 is 0 Å². The number of para-hydroxylation sites is 1. The van der Waals surface area contributed by atoms with E-state index >= 15 is 0 Å². The van der Waals surface area contributed by atoms with Gasteiger partial charge in [0.1, 0.15) is 0 Å². The summed E-state index contributed by atoms with van der Waals surface area (Å²) in [6, 6.07) is 8.17. The number of rotatable bonds is 3.